The van der Waals surface area contributed by atoms with Crippen LogP contribution in [0.2, 0.25) is 0 Å². The van der Waals surface area contributed by atoms with Crippen LogP contribution in [0.25, 0.3) is 10.9 Å². The largest absolute Gasteiger partial charge is 0.280 e. The second kappa shape index (κ2) is 6.65. The number of benzene rings is 2. The summed E-state index contributed by atoms with van der Waals surface area (Å²) in [5, 5.41) is 0.507. The third-order valence-corrected chi connectivity index (χ3v) is 5.17. The van der Waals surface area contributed by atoms with Crippen LogP contribution < -0.4 is 11.0 Å². The molecule has 4 rings (SSSR count). The van der Waals surface area contributed by atoms with Gasteiger partial charge in [0.15, 0.2) is 0 Å². The lowest BCUT2D eigenvalue weighted by molar-refractivity contribution is -0.118. The van der Waals surface area contributed by atoms with E-state index in [1.54, 1.807) is 12.1 Å². The number of aromatic nitrogens is 2. The third kappa shape index (κ3) is 3.25. The van der Waals surface area contributed by atoms with Gasteiger partial charge in [0, 0.05) is 11.8 Å². The fourth-order valence-electron chi connectivity index (χ4n) is 3.51. The van der Waals surface area contributed by atoms with Gasteiger partial charge < -0.3 is 0 Å². The molecule has 1 saturated carbocycles. The van der Waals surface area contributed by atoms with E-state index >= 15 is 0 Å². The molecular formula is C22H23N3O2. The van der Waals surface area contributed by atoms with Gasteiger partial charge >= 0.3 is 0 Å². The molecule has 0 aliphatic heterocycles. The summed E-state index contributed by atoms with van der Waals surface area (Å²) in [5.74, 6) is 0.569. The number of para-hydroxylation sites is 1. The number of carbonyl (C=O) groups excluding carboxylic acids is 1. The molecule has 0 radical (unpaired) electrons. The normalized spacial score (nSPS) is 18.7. The van der Waals surface area contributed by atoms with Crippen molar-refractivity contribution in [3.05, 3.63) is 75.8 Å². The molecule has 0 spiro atoms. The highest BCUT2D eigenvalue weighted by atomic mass is 16.2. The highest BCUT2D eigenvalue weighted by molar-refractivity contribution is 5.90. The van der Waals surface area contributed by atoms with E-state index in [9.17, 15) is 9.59 Å². The SMILES string of the molecule is Cc1ccc(C2CC2C(=O)Nn2c(C(C)C)nc3ccccc3c2=O)cc1. The second-order valence-corrected chi connectivity index (χ2v) is 7.62. The Morgan fingerprint density at radius 1 is 1.15 bits per heavy atom. The van der Waals surface area contributed by atoms with E-state index in [0.717, 1.165) is 6.42 Å². The predicted molar refractivity (Wildman–Crippen MR) is 106 cm³/mol. The monoisotopic (exact) mass is 361 g/mol. The number of nitrogens with zero attached hydrogens (tertiary/aromatic N) is 2. The van der Waals surface area contributed by atoms with Crippen LogP contribution in [-0.4, -0.2) is 15.6 Å². The Kier molecular flexibility index (Phi) is 4.30. The lowest BCUT2D eigenvalue weighted by atomic mass is 10.1. The quantitative estimate of drug-likeness (QED) is 0.771. The number of aryl methyl sites for hydroxylation is 1. The van der Waals surface area contributed by atoms with E-state index < -0.39 is 0 Å². The van der Waals surface area contributed by atoms with Crippen molar-refractivity contribution in [1.29, 1.82) is 0 Å². The van der Waals surface area contributed by atoms with Gasteiger partial charge in [-0.3, -0.25) is 15.0 Å². The van der Waals surface area contributed by atoms with E-state index in [-0.39, 0.29) is 29.2 Å². The zero-order valence-corrected chi connectivity index (χ0v) is 15.8. The van der Waals surface area contributed by atoms with Crippen LogP contribution in [0.1, 0.15) is 49.1 Å². The molecule has 138 valence electrons. The van der Waals surface area contributed by atoms with E-state index in [1.807, 2.05) is 32.9 Å². The predicted octanol–water partition coefficient (Wildman–Crippen LogP) is 3.70. The van der Waals surface area contributed by atoms with Gasteiger partial charge in [-0.1, -0.05) is 55.8 Å². The van der Waals surface area contributed by atoms with Crippen molar-refractivity contribution in [1.82, 2.24) is 9.66 Å². The van der Waals surface area contributed by atoms with Crippen LogP contribution in [0.15, 0.2) is 53.3 Å². The average molecular weight is 361 g/mol. The molecule has 0 saturated heterocycles. The Hall–Kier alpha value is -2.95. The highest BCUT2D eigenvalue weighted by Gasteiger charge is 2.44. The Labute approximate surface area is 158 Å². The second-order valence-electron chi connectivity index (χ2n) is 7.62. The first kappa shape index (κ1) is 17.5. The summed E-state index contributed by atoms with van der Waals surface area (Å²) in [4.78, 5) is 30.3. The lowest BCUT2D eigenvalue weighted by Gasteiger charge is -2.16. The van der Waals surface area contributed by atoms with Gasteiger partial charge in [0.1, 0.15) is 5.82 Å². The van der Waals surface area contributed by atoms with Crippen LogP contribution in [0, 0.1) is 12.8 Å². The average Bonchev–Trinajstić information content (AvgIpc) is 3.45. The fraction of sp³-hybridized carbons (Fsp3) is 0.318. The van der Waals surface area contributed by atoms with Crippen LogP contribution in [0.5, 0.6) is 0 Å². The Morgan fingerprint density at radius 2 is 1.85 bits per heavy atom. The first-order valence-electron chi connectivity index (χ1n) is 9.35. The minimum atomic E-state index is -0.231. The molecule has 1 heterocycles. The van der Waals surface area contributed by atoms with Gasteiger partial charge in [0.2, 0.25) is 5.91 Å². The van der Waals surface area contributed by atoms with Crippen molar-refractivity contribution in [3.8, 4) is 0 Å². The van der Waals surface area contributed by atoms with E-state index in [0.29, 0.717) is 16.7 Å². The van der Waals surface area contributed by atoms with Crippen molar-refractivity contribution in [3.63, 3.8) is 0 Å². The number of carbonyl (C=O) groups is 1. The summed E-state index contributed by atoms with van der Waals surface area (Å²) in [6, 6.07) is 15.5. The van der Waals surface area contributed by atoms with Crippen molar-refractivity contribution in [2.75, 3.05) is 5.43 Å². The van der Waals surface area contributed by atoms with E-state index in [2.05, 4.69) is 34.7 Å². The van der Waals surface area contributed by atoms with Gasteiger partial charge in [-0.15, -0.1) is 0 Å². The standard InChI is InChI=1S/C22H23N3O2/c1-13(2)20-23-19-7-5-4-6-16(19)22(27)25(20)24-21(26)18-12-17(18)15-10-8-14(3)9-11-15/h4-11,13,17-18H,12H2,1-3H3,(H,24,26). The topological polar surface area (TPSA) is 64.0 Å². The Bertz CT molecular complexity index is 1070. The minimum Gasteiger partial charge on any atom is -0.273 e. The molecule has 2 aromatic carbocycles. The summed E-state index contributed by atoms with van der Waals surface area (Å²) in [5.41, 5.74) is 5.63. The molecule has 2 unspecified atom stereocenters. The highest BCUT2D eigenvalue weighted by Crippen LogP contribution is 2.47. The molecule has 1 amide bonds. The van der Waals surface area contributed by atoms with Crippen molar-refractivity contribution in [2.24, 2.45) is 5.92 Å². The molecule has 1 aromatic heterocycles. The molecular weight excluding hydrogens is 338 g/mol. The van der Waals surface area contributed by atoms with Crippen LogP contribution in [0.4, 0.5) is 0 Å². The number of hydrogen-bond donors (Lipinski definition) is 1. The third-order valence-electron chi connectivity index (χ3n) is 5.17. The van der Waals surface area contributed by atoms with Gasteiger partial charge in [0.05, 0.1) is 10.9 Å². The maximum atomic E-state index is 12.9. The van der Waals surface area contributed by atoms with Gasteiger partial charge in [-0.25, -0.2) is 9.66 Å². The first-order chi connectivity index (χ1) is 13.0. The maximum absolute atomic E-state index is 12.9. The summed E-state index contributed by atoms with van der Waals surface area (Å²) in [7, 11) is 0. The minimum absolute atomic E-state index is 0.00899. The molecule has 5 nitrogen and oxygen atoms in total. The number of nitrogens with one attached hydrogen (secondary N) is 1. The summed E-state index contributed by atoms with van der Waals surface area (Å²) in [6.45, 7) is 5.98. The first-order valence-corrected chi connectivity index (χ1v) is 9.35. The maximum Gasteiger partial charge on any atom is 0.280 e. The summed E-state index contributed by atoms with van der Waals surface area (Å²) < 4.78 is 1.33. The van der Waals surface area contributed by atoms with Gasteiger partial charge in [-0.05, 0) is 37.0 Å². The van der Waals surface area contributed by atoms with Crippen molar-refractivity contribution >= 4 is 16.8 Å². The number of rotatable bonds is 4. The lowest BCUT2D eigenvalue weighted by Crippen LogP contribution is -2.37. The molecule has 3 aromatic rings. The number of fused-ring (bicyclic) bond motifs is 1. The van der Waals surface area contributed by atoms with E-state index in [1.165, 1.54) is 15.8 Å². The van der Waals surface area contributed by atoms with Crippen LogP contribution in [-0.2, 0) is 4.79 Å². The van der Waals surface area contributed by atoms with Crippen molar-refractivity contribution < 1.29 is 4.79 Å². The summed E-state index contributed by atoms with van der Waals surface area (Å²) >= 11 is 0. The zero-order chi connectivity index (χ0) is 19.1. The zero-order valence-electron chi connectivity index (χ0n) is 15.8. The molecule has 5 heteroatoms. The van der Waals surface area contributed by atoms with Crippen molar-refractivity contribution in [2.45, 2.75) is 39.0 Å². The number of amides is 1. The molecule has 0 bridgehead atoms. The Morgan fingerprint density at radius 3 is 2.56 bits per heavy atom. The van der Waals surface area contributed by atoms with E-state index in [4.69, 9.17) is 0 Å². The van der Waals surface area contributed by atoms with Gasteiger partial charge in [-0.2, -0.15) is 0 Å². The summed E-state index contributed by atoms with van der Waals surface area (Å²) in [6.07, 6.45) is 0.807. The van der Waals surface area contributed by atoms with Crippen LogP contribution in [0.3, 0.4) is 0 Å². The molecule has 1 N–H and O–H groups in total. The molecule has 1 aliphatic carbocycles. The van der Waals surface area contributed by atoms with Crippen LogP contribution >= 0.6 is 0 Å². The molecule has 27 heavy (non-hydrogen) atoms. The Balaban J connectivity index is 1.62. The van der Waals surface area contributed by atoms with Gasteiger partial charge in [0.25, 0.3) is 5.56 Å². The number of hydrogen-bond acceptors (Lipinski definition) is 3. The fourth-order valence-corrected chi connectivity index (χ4v) is 3.51. The molecule has 1 fully saturated rings. The molecule has 2 atom stereocenters. The molecule has 1 aliphatic rings. The smallest absolute Gasteiger partial charge is 0.273 e.